The molecule has 1 amide bonds. The molecule has 1 aliphatic heterocycles. The first-order valence-electron chi connectivity index (χ1n) is 9.59. The summed E-state index contributed by atoms with van der Waals surface area (Å²) in [6.45, 7) is 3.25. The van der Waals surface area contributed by atoms with Crippen LogP contribution in [0.4, 0.5) is 0 Å². The SMILES string of the molecule is O=C(NCc1ccccc1)C(CC(O)c1ccc(Cl)cc1)CN1CCCC1. The van der Waals surface area contributed by atoms with Crippen molar-refractivity contribution in [2.24, 2.45) is 5.92 Å². The van der Waals surface area contributed by atoms with Crippen LogP contribution in [-0.2, 0) is 11.3 Å². The van der Waals surface area contributed by atoms with Gasteiger partial charge in [0.05, 0.1) is 12.0 Å². The summed E-state index contributed by atoms with van der Waals surface area (Å²) in [6.07, 6.45) is 2.08. The van der Waals surface area contributed by atoms with Crippen molar-refractivity contribution in [3.8, 4) is 0 Å². The number of amides is 1. The van der Waals surface area contributed by atoms with Crippen molar-refractivity contribution < 1.29 is 9.90 Å². The third-order valence-corrected chi connectivity index (χ3v) is 5.37. The molecule has 0 aromatic heterocycles. The Morgan fingerprint density at radius 2 is 1.74 bits per heavy atom. The molecule has 2 atom stereocenters. The van der Waals surface area contributed by atoms with Crippen LogP contribution in [0, 0.1) is 5.92 Å². The molecule has 2 aromatic carbocycles. The molecule has 1 fully saturated rings. The molecule has 0 aliphatic carbocycles. The van der Waals surface area contributed by atoms with Crippen LogP contribution in [0.25, 0.3) is 0 Å². The van der Waals surface area contributed by atoms with Gasteiger partial charge in [-0.05, 0) is 55.6 Å². The third-order valence-electron chi connectivity index (χ3n) is 5.12. The van der Waals surface area contributed by atoms with Crippen LogP contribution in [-0.4, -0.2) is 35.5 Å². The maximum Gasteiger partial charge on any atom is 0.224 e. The molecule has 2 aromatic rings. The van der Waals surface area contributed by atoms with Crippen LogP contribution in [0.5, 0.6) is 0 Å². The van der Waals surface area contributed by atoms with Crippen LogP contribution in [0.3, 0.4) is 0 Å². The van der Waals surface area contributed by atoms with E-state index in [-0.39, 0.29) is 11.8 Å². The van der Waals surface area contributed by atoms with Gasteiger partial charge in [-0.25, -0.2) is 0 Å². The van der Waals surface area contributed by atoms with Gasteiger partial charge in [-0.3, -0.25) is 4.79 Å². The number of nitrogens with one attached hydrogen (secondary N) is 1. The lowest BCUT2D eigenvalue weighted by Crippen LogP contribution is -2.38. The number of halogens is 1. The largest absolute Gasteiger partial charge is 0.388 e. The van der Waals surface area contributed by atoms with Gasteiger partial charge in [0.15, 0.2) is 0 Å². The molecule has 144 valence electrons. The standard InChI is InChI=1S/C22H27ClN2O2/c23-20-10-8-18(9-11-20)21(26)14-19(16-25-12-4-5-13-25)22(27)24-15-17-6-2-1-3-7-17/h1-3,6-11,19,21,26H,4-5,12-16H2,(H,24,27). The molecular formula is C22H27ClN2O2. The Balaban J connectivity index is 1.63. The summed E-state index contributed by atoms with van der Waals surface area (Å²) in [6, 6.07) is 17.1. The number of likely N-dealkylation sites (tertiary alicyclic amines) is 1. The fourth-order valence-electron chi connectivity index (χ4n) is 3.56. The highest BCUT2D eigenvalue weighted by molar-refractivity contribution is 6.30. The molecular weight excluding hydrogens is 360 g/mol. The zero-order valence-corrected chi connectivity index (χ0v) is 16.2. The van der Waals surface area contributed by atoms with Crippen molar-refractivity contribution in [2.45, 2.75) is 31.9 Å². The van der Waals surface area contributed by atoms with Crippen LogP contribution in [0.1, 0.15) is 36.5 Å². The Kier molecular flexibility index (Phi) is 7.27. The van der Waals surface area contributed by atoms with Crippen molar-refractivity contribution in [1.29, 1.82) is 0 Å². The van der Waals surface area contributed by atoms with E-state index in [0.29, 0.717) is 24.5 Å². The molecule has 0 spiro atoms. The molecule has 0 bridgehead atoms. The van der Waals surface area contributed by atoms with E-state index in [1.807, 2.05) is 42.5 Å². The molecule has 1 saturated heterocycles. The third kappa shape index (κ3) is 6.06. The smallest absolute Gasteiger partial charge is 0.224 e. The lowest BCUT2D eigenvalue weighted by molar-refractivity contribution is -0.126. The van der Waals surface area contributed by atoms with Gasteiger partial charge in [0.2, 0.25) is 5.91 Å². The topological polar surface area (TPSA) is 52.6 Å². The van der Waals surface area contributed by atoms with Crippen LogP contribution in [0.15, 0.2) is 54.6 Å². The maximum absolute atomic E-state index is 12.9. The Morgan fingerprint density at radius 1 is 1.07 bits per heavy atom. The predicted octanol–water partition coefficient (Wildman–Crippen LogP) is 3.79. The normalized spacial score (nSPS) is 16.8. The van der Waals surface area contributed by atoms with Gasteiger partial charge in [0.25, 0.3) is 0 Å². The van der Waals surface area contributed by atoms with E-state index in [1.165, 1.54) is 12.8 Å². The molecule has 2 unspecified atom stereocenters. The highest BCUT2D eigenvalue weighted by atomic mass is 35.5. The zero-order valence-electron chi connectivity index (χ0n) is 15.5. The monoisotopic (exact) mass is 386 g/mol. The first-order valence-corrected chi connectivity index (χ1v) is 9.97. The van der Waals surface area contributed by atoms with Gasteiger partial charge in [-0.1, -0.05) is 54.1 Å². The Morgan fingerprint density at radius 3 is 2.41 bits per heavy atom. The average molecular weight is 387 g/mol. The quantitative estimate of drug-likeness (QED) is 0.725. The molecule has 27 heavy (non-hydrogen) atoms. The minimum absolute atomic E-state index is 0.00114. The highest BCUT2D eigenvalue weighted by Gasteiger charge is 2.26. The van der Waals surface area contributed by atoms with Gasteiger partial charge in [-0.15, -0.1) is 0 Å². The van der Waals surface area contributed by atoms with E-state index in [0.717, 1.165) is 24.2 Å². The van der Waals surface area contributed by atoms with Crippen LogP contribution in [0.2, 0.25) is 5.02 Å². The van der Waals surface area contributed by atoms with E-state index in [1.54, 1.807) is 12.1 Å². The van der Waals surface area contributed by atoms with Gasteiger partial charge < -0.3 is 15.3 Å². The molecule has 1 aliphatic rings. The van der Waals surface area contributed by atoms with Gasteiger partial charge in [0, 0.05) is 18.1 Å². The summed E-state index contributed by atoms with van der Waals surface area (Å²) in [7, 11) is 0. The number of carbonyl (C=O) groups is 1. The van der Waals surface area contributed by atoms with E-state index in [4.69, 9.17) is 11.6 Å². The second kappa shape index (κ2) is 9.88. The average Bonchev–Trinajstić information content (AvgIpc) is 3.20. The number of benzene rings is 2. The minimum atomic E-state index is -0.683. The summed E-state index contributed by atoms with van der Waals surface area (Å²) in [5.74, 6) is -0.253. The molecule has 1 heterocycles. The van der Waals surface area contributed by atoms with Crippen LogP contribution < -0.4 is 5.32 Å². The Bertz CT molecular complexity index is 715. The fourth-order valence-corrected chi connectivity index (χ4v) is 3.69. The molecule has 0 radical (unpaired) electrons. The van der Waals surface area contributed by atoms with E-state index >= 15 is 0 Å². The fraction of sp³-hybridized carbons (Fsp3) is 0.409. The summed E-state index contributed by atoms with van der Waals surface area (Å²) in [4.78, 5) is 15.2. The number of aliphatic hydroxyl groups excluding tert-OH is 1. The summed E-state index contributed by atoms with van der Waals surface area (Å²) < 4.78 is 0. The summed E-state index contributed by atoms with van der Waals surface area (Å²) >= 11 is 5.93. The number of hydrogen-bond donors (Lipinski definition) is 2. The number of nitrogens with zero attached hydrogens (tertiary/aromatic N) is 1. The predicted molar refractivity (Wildman–Crippen MR) is 108 cm³/mol. The molecule has 4 nitrogen and oxygen atoms in total. The summed E-state index contributed by atoms with van der Waals surface area (Å²) in [5.41, 5.74) is 1.87. The molecule has 3 rings (SSSR count). The molecule has 0 saturated carbocycles. The van der Waals surface area contributed by atoms with Gasteiger partial charge in [0.1, 0.15) is 0 Å². The van der Waals surface area contributed by atoms with E-state index in [2.05, 4.69) is 10.2 Å². The second-order valence-corrected chi connectivity index (χ2v) is 7.65. The summed E-state index contributed by atoms with van der Waals surface area (Å²) in [5, 5.41) is 14.3. The lowest BCUT2D eigenvalue weighted by Gasteiger charge is -2.25. The number of carbonyl (C=O) groups excluding carboxylic acids is 1. The van der Waals surface area contributed by atoms with E-state index < -0.39 is 6.10 Å². The first-order chi connectivity index (χ1) is 13.1. The molecule has 5 heteroatoms. The minimum Gasteiger partial charge on any atom is -0.388 e. The van der Waals surface area contributed by atoms with Crippen molar-refractivity contribution in [2.75, 3.05) is 19.6 Å². The van der Waals surface area contributed by atoms with Gasteiger partial charge >= 0.3 is 0 Å². The zero-order chi connectivity index (χ0) is 19.1. The van der Waals surface area contributed by atoms with Crippen molar-refractivity contribution in [1.82, 2.24) is 10.2 Å². The lowest BCUT2D eigenvalue weighted by atomic mass is 9.95. The van der Waals surface area contributed by atoms with Crippen molar-refractivity contribution >= 4 is 17.5 Å². The highest BCUT2D eigenvalue weighted by Crippen LogP contribution is 2.24. The number of hydrogen-bond acceptors (Lipinski definition) is 3. The van der Waals surface area contributed by atoms with Crippen molar-refractivity contribution in [3.05, 3.63) is 70.7 Å². The first kappa shape index (κ1) is 19.9. The second-order valence-electron chi connectivity index (χ2n) is 7.21. The van der Waals surface area contributed by atoms with Crippen molar-refractivity contribution in [3.63, 3.8) is 0 Å². The Labute approximate surface area is 166 Å². The van der Waals surface area contributed by atoms with E-state index in [9.17, 15) is 9.90 Å². The number of aliphatic hydroxyl groups is 1. The maximum atomic E-state index is 12.9. The number of rotatable bonds is 8. The molecule has 2 N–H and O–H groups in total. The Hall–Kier alpha value is -1.88. The van der Waals surface area contributed by atoms with Gasteiger partial charge in [-0.2, -0.15) is 0 Å². The van der Waals surface area contributed by atoms with Crippen LogP contribution >= 0.6 is 11.6 Å².